The number of nitrogens with zero attached hydrogens (tertiary/aromatic N) is 1. The summed E-state index contributed by atoms with van der Waals surface area (Å²) in [4.78, 5) is 13.2. The summed E-state index contributed by atoms with van der Waals surface area (Å²) in [6, 6.07) is 9.35. The van der Waals surface area contributed by atoms with Crippen LogP contribution in [0, 0.1) is 0 Å². The van der Waals surface area contributed by atoms with Gasteiger partial charge in [-0.15, -0.1) is 0 Å². The Morgan fingerprint density at radius 1 is 1.35 bits per heavy atom. The number of benzene rings is 1. The van der Waals surface area contributed by atoms with E-state index in [1.165, 1.54) is 4.90 Å². The van der Waals surface area contributed by atoms with Crippen molar-refractivity contribution in [2.24, 2.45) is 0 Å². The molecule has 0 heterocycles. The molecule has 0 bridgehead atoms. The van der Waals surface area contributed by atoms with Crippen molar-refractivity contribution in [1.29, 1.82) is 0 Å². The van der Waals surface area contributed by atoms with Crippen molar-refractivity contribution in [2.45, 2.75) is 5.75 Å². The van der Waals surface area contributed by atoms with Crippen molar-refractivity contribution in [3.63, 3.8) is 0 Å². The second kappa shape index (κ2) is 6.57. The highest BCUT2D eigenvalue weighted by molar-refractivity contribution is 7.89. The van der Waals surface area contributed by atoms with Crippen LogP contribution in [0.5, 0.6) is 0 Å². The molecule has 92 valence electrons. The van der Waals surface area contributed by atoms with E-state index in [1.807, 2.05) is 30.3 Å². The SMILES string of the molecule is CN(C)C(=O)/C(=C/Cl)S(=O)Cc1ccccc1. The zero-order valence-corrected chi connectivity index (χ0v) is 11.3. The van der Waals surface area contributed by atoms with Crippen LogP contribution in [0.3, 0.4) is 0 Å². The van der Waals surface area contributed by atoms with Crippen molar-refractivity contribution in [1.82, 2.24) is 4.90 Å². The molecular weight excluding hydrogens is 258 g/mol. The Morgan fingerprint density at radius 3 is 2.41 bits per heavy atom. The molecule has 1 aromatic rings. The Hall–Kier alpha value is -1.13. The number of carbonyl (C=O) groups excluding carboxylic acids is 1. The second-order valence-electron chi connectivity index (χ2n) is 3.65. The quantitative estimate of drug-likeness (QED) is 0.787. The lowest BCUT2D eigenvalue weighted by Crippen LogP contribution is -2.25. The summed E-state index contributed by atoms with van der Waals surface area (Å²) >= 11 is 5.56. The minimum atomic E-state index is -1.42. The van der Waals surface area contributed by atoms with E-state index in [1.54, 1.807) is 14.1 Å². The van der Waals surface area contributed by atoms with Crippen molar-refractivity contribution < 1.29 is 9.00 Å². The molecule has 1 unspecified atom stereocenters. The van der Waals surface area contributed by atoms with E-state index in [-0.39, 0.29) is 10.8 Å². The lowest BCUT2D eigenvalue weighted by molar-refractivity contribution is -0.123. The number of likely N-dealkylation sites (N-methyl/N-ethyl adjacent to an activating group) is 1. The first-order valence-electron chi connectivity index (χ1n) is 5.00. The molecule has 0 aliphatic carbocycles. The lowest BCUT2D eigenvalue weighted by Gasteiger charge is -2.12. The molecule has 0 aromatic heterocycles. The maximum Gasteiger partial charge on any atom is 0.263 e. The van der Waals surface area contributed by atoms with Gasteiger partial charge >= 0.3 is 0 Å². The van der Waals surface area contributed by atoms with Crippen molar-refractivity contribution in [3.8, 4) is 0 Å². The van der Waals surface area contributed by atoms with Gasteiger partial charge in [0.25, 0.3) is 5.91 Å². The summed E-state index contributed by atoms with van der Waals surface area (Å²) in [5.41, 5.74) is 2.01. The molecule has 1 aromatic carbocycles. The normalized spacial score (nSPS) is 13.2. The van der Waals surface area contributed by atoms with Crippen LogP contribution >= 0.6 is 11.6 Å². The van der Waals surface area contributed by atoms with Crippen molar-refractivity contribution >= 4 is 28.3 Å². The Kier molecular flexibility index (Phi) is 5.38. The van der Waals surface area contributed by atoms with Crippen LogP contribution in [0.15, 0.2) is 40.8 Å². The first kappa shape index (κ1) is 13.9. The van der Waals surface area contributed by atoms with E-state index in [2.05, 4.69) is 0 Å². The molecule has 0 saturated carbocycles. The van der Waals surface area contributed by atoms with Crippen LogP contribution in [-0.2, 0) is 21.3 Å². The molecule has 0 N–H and O–H groups in total. The van der Waals surface area contributed by atoms with E-state index in [9.17, 15) is 9.00 Å². The summed E-state index contributed by atoms with van der Waals surface area (Å²) in [5.74, 6) is -0.0341. The molecule has 17 heavy (non-hydrogen) atoms. The summed E-state index contributed by atoms with van der Waals surface area (Å²) in [5, 5.41) is 0. The molecule has 1 rings (SSSR count). The van der Waals surface area contributed by atoms with Gasteiger partial charge < -0.3 is 4.90 Å². The average molecular weight is 272 g/mol. The predicted molar refractivity (Wildman–Crippen MR) is 70.9 cm³/mol. The maximum absolute atomic E-state index is 12.0. The molecular formula is C12H14ClNO2S. The van der Waals surface area contributed by atoms with E-state index in [0.717, 1.165) is 11.1 Å². The van der Waals surface area contributed by atoms with Gasteiger partial charge in [0.1, 0.15) is 4.91 Å². The molecule has 0 fully saturated rings. The molecule has 0 aliphatic heterocycles. The van der Waals surface area contributed by atoms with Gasteiger partial charge in [-0.3, -0.25) is 9.00 Å². The molecule has 1 atom stereocenters. The minimum Gasteiger partial charge on any atom is -0.344 e. The topological polar surface area (TPSA) is 37.4 Å². The highest BCUT2D eigenvalue weighted by Gasteiger charge is 2.18. The zero-order chi connectivity index (χ0) is 12.8. The Balaban J connectivity index is 2.79. The molecule has 1 amide bonds. The molecule has 5 heteroatoms. The summed E-state index contributed by atoms with van der Waals surface area (Å²) < 4.78 is 12.0. The highest BCUT2D eigenvalue weighted by Crippen LogP contribution is 2.13. The largest absolute Gasteiger partial charge is 0.344 e. The van der Waals surface area contributed by atoms with Crippen LogP contribution in [0.25, 0.3) is 0 Å². The van der Waals surface area contributed by atoms with E-state index in [0.29, 0.717) is 5.75 Å². The number of carbonyl (C=O) groups is 1. The summed E-state index contributed by atoms with van der Waals surface area (Å²) in [6.45, 7) is 0. The summed E-state index contributed by atoms with van der Waals surface area (Å²) in [7, 11) is 1.78. The number of rotatable bonds is 4. The lowest BCUT2D eigenvalue weighted by atomic mass is 10.2. The Bertz CT molecular complexity index is 443. The molecule has 0 spiro atoms. The molecule has 3 nitrogen and oxygen atoms in total. The first-order chi connectivity index (χ1) is 8.06. The fraction of sp³-hybridized carbons (Fsp3) is 0.250. The van der Waals surface area contributed by atoms with Gasteiger partial charge in [0.2, 0.25) is 0 Å². The van der Waals surface area contributed by atoms with Crippen LogP contribution in [0.1, 0.15) is 5.56 Å². The Labute approximate surface area is 109 Å². The van der Waals surface area contributed by atoms with Gasteiger partial charge in [-0.25, -0.2) is 0 Å². The van der Waals surface area contributed by atoms with Gasteiger partial charge in [-0.05, 0) is 5.56 Å². The first-order valence-corrected chi connectivity index (χ1v) is 6.76. The van der Waals surface area contributed by atoms with E-state index < -0.39 is 10.8 Å². The monoisotopic (exact) mass is 271 g/mol. The second-order valence-corrected chi connectivity index (χ2v) is 5.29. The summed E-state index contributed by atoms with van der Waals surface area (Å²) in [6.07, 6.45) is 0. The fourth-order valence-electron chi connectivity index (χ4n) is 1.22. The van der Waals surface area contributed by atoms with Crippen LogP contribution in [0.4, 0.5) is 0 Å². The van der Waals surface area contributed by atoms with Crippen LogP contribution < -0.4 is 0 Å². The van der Waals surface area contributed by atoms with E-state index in [4.69, 9.17) is 11.6 Å². The fourth-order valence-corrected chi connectivity index (χ4v) is 2.74. The van der Waals surface area contributed by atoms with Crippen LogP contribution in [-0.4, -0.2) is 29.1 Å². The minimum absolute atomic E-state index is 0.125. The average Bonchev–Trinajstić information content (AvgIpc) is 2.30. The third-order valence-corrected chi connectivity index (χ3v) is 3.83. The van der Waals surface area contributed by atoms with Gasteiger partial charge in [-0.2, -0.15) is 0 Å². The number of halogens is 1. The molecule has 0 aliphatic rings. The third-order valence-electron chi connectivity index (χ3n) is 2.10. The number of hydrogen-bond acceptors (Lipinski definition) is 2. The standard InChI is InChI=1S/C12H14ClNO2S/c1-14(2)12(15)11(8-13)17(16)9-10-6-4-3-5-7-10/h3-8H,9H2,1-2H3/b11-8-. The predicted octanol–water partition coefficient (Wildman–Crippen LogP) is 2.10. The Morgan fingerprint density at radius 2 is 1.94 bits per heavy atom. The van der Waals surface area contributed by atoms with Crippen molar-refractivity contribution in [2.75, 3.05) is 14.1 Å². The van der Waals surface area contributed by atoms with Gasteiger partial charge in [0, 0.05) is 19.6 Å². The smallest absolute Gasteiger partial charge is 0.263 e. The number of hydrogen-bond donors (Lipinski definition) is 0. The number of amides is 1. The van der Waals surface area contributed by atoms with Gasteiger partial charge in [0.15, 0.2) is 0 Å². The maximum atomic E-state index is 12.0. The van der Waals surface area contributed by atoms with E-state index >= 15 is 0 Å². The van der Waals surface area contributed by atoms with Gasteiger partial charge in [-0.1, -0.05) is 41.9 Å². The third kappa shape index (κ3) is 3.98. The highest BCUT2D eigenvalue weighted by atomic mass is 35.5. The zero-order valence-electron chi connectivity index (χ0n) is 9.72. The van der Waals surface area contributed by atoms with Crippen LogP contribution in [0.2, 0.25) is 0 Å². The molecule has 0 radical (unpaired) electrons. The van der Waals surface area contributed by atoms with Crippen molar-refractivity contribution in [3.05, 3.63) is 46.3 Å². The molecule has 0 saturated heterocycles. The van der Waals surface area contributed by atoms with Gasteiger partial charge in [0.05, 0.1) is 16.6 Å².